The van der Waals surface area contributed by atoms with Crippen molar-refractivity contribution in [2.45, 2.75) is 18.9 Å². The molecule has 0 atom stereocenters. The lowest BCUT2D eigenvalue weighted by molar-refractivity contribution is -0.138. The summed E-state index contributed by atoms with van der Waals surface area (Å²) in [6.45, 7) is 2.13. The topological polar surface area (TPSA) is 132 Å². The fourth-order valence-electron chi connectivity index (χ4n) is 3.85. The van der Waals surface area contributed by atoms with Crippen molar-refractivity contribution in [3.05, 3.63) is 41.2 Å². The summed E-state index contributed by atoms with van der Waals surface area (Å²) in [6.07, 6.45) is 2.56. The van der Waals surface area contributed by atoms with Crippen molar-refractivity contribution in [1.29, 1.82) is 5.41 Å². The fourth-order valence-corrected chi connectivity index (χ4v) is 4.36. The molecule has 0 radical (unpaired) electrons. The predicted molar refractivity (Wildman–Crippen MR) is 138 cm³/mol. The van der Waals surface area contributed by atoms with Crippen LogP contribution in [-0.2, 0) is 9.59 Å². The maximum atomic E-state index is 13.2. The van der Waals surface area contributed by atoms with Gasteiger partial charge in [0.1, 0.15) is 22.6 Å². The number of piperidine rings is 1. The van der Waals surface area contributed by atoms with E-state index in [1.807, 2.05) is 23.9 Å². The monoisotopic (exact) mass is 550 g/mol. The van der Waals surface area contributed by atoms with Crippen LogP contribution >= 0.6 is 27.5 Å². The van der Waals surface area contributed by atoms with Gasteiger partial charge in [0.05, 0.1) is 5.56 Å². The first-order valence-electron chi connectivity index (χ1n) is 10.8. The highest BCUT2D eigenvalue weighted by Gasteiger charge is 2.33. The van der Waals surface area contributed by atoms with Crippen LogP contribution < -0.4 is 20.9 Å². The standard InChI is InChI=1S/C22H28BrClN8O2/c1-30(2)12-9-27-21(33)22(34)32(15-5-3-14(24)4-6-15)16-7-10-31(11-8-16)20-17(18(23)25)19(26)28-13-29-20/h3-6,13,16,25H,7-12H2,1-2H3,(H,27,33)(H2,26,28,29). The van der Waals surface area contributed by atoms with E-state index in [-0.39, 0.29) is 16.5 Å². The van der Waals surface area contributed by atoms with Crippen LogP contribution in [0.25, 0.3) is 0 Å². The second-order valence-electron chi connectivity index (χ2n) is 8.20. The number of aromatic nitrogens is 2. The minimum atomic E-state index is -0.641. The van der Waals surface area contributed by atoms with Crippen LogP contribution in [0.15, 0.2) is 30.6 Å². The lowest BCUT2D eigenvalue weighted by atomic mass is 10.0. The van der Waals surface area contributed by atoms with Crippen LogP contribution in [0, 0.1) is 5.41 Å². The smallest absolute Gasteiger partial charge is 0.316 e. The van der Waals surface area contributed by atoms with Gasteiger partial charge < -0.3 is 25.8 Å². The van der Waals surface area contributed by atoms with Gasteiger partial charge in [-0.15, -0.1) is 0 Å². The van der Waals surface area contributed by atoms with Gasteiger partial charge in [-0.05, 0) is 67.1 Å². The van der Waals surface area contributed by atoms with Crippen LogP contribution in [0.1, 0.15) is 18.4 Å². The Hall–Kier alpha value is -2.76. The molecule has 12 heteroatoms. The first kappa shape index (κ1) is 25.9. The maximum Gasteiger partial charge on any atom is 0.316 e. The molecule has 4 N–H and O–H groups in total. The van der Waals surface area contributed by atoms with Crippen molar-refractivity contribution in [1.82, 2.24) is 20.2 Å². The molecule has 1 saturated heterocycles. The average Bonchev–Trinajstić information content (AvgIpc) is 2.80. The average molecular weight is 552 g/mol. The number of carbonyl (C=O) groups is 2. The molecule has 0 spiro atoms. The van der Waals surface area contributed by atoms with Crippen LogP contribution in [0.5, 0.6) is 0 Å². The van der Waals surface area contributed by atoms with Crippen molar-refractivity contribution in [2.75, 3.05) is 55.8 Å². The molecular formula is C22H28BrClN8O2. The zero-order valence-corrected chi connectivity index (χ0v) is 21.4. The van der Waals surface area contributed by atoms with Gasteiger partial charge in [0.25, 0.3) is 0 Å². The zero-order chi connectivity index (χ0) is 24.8. The van der Waals surface area contributed by atoms with Gasteiger partial charge >= 0.3 is 11.8 Å². The van der Waals surface area contributed by atoms with E-state index in [2.05, 4.69) is 31.2 Å². The number of nitrogen functional groups attached to an aromatic ring is 1. The number of hydrogen-bond acceptors (Lipinski definition) is 8. The Labute approximate surface area is 212 Å². The van der Waals surface area contributed by atoms with E-state index >= 15 is 0 Å². The normalized spacial score (nSPS) is 14.2. The molecule has 1 aliphatic rings. The van der Waals surface area contributed by atoms with Crippen LogP contribution in [0.4, 0.5) is 17.3 Å². The first-order chi connectivity index (χ1) is 16.2. The largest absolute Gasteiger partial charge is 0.383 e. The molecule has 10 nitrogen and oxygen atoms in total. The lowest BCUT2D eigenvalue weighted by Crippen LogP contribution is -2.52. The van der Waals surface area contributed by atoms with Crippen molar-refractivity contribution in [2.24, 2.45) is 0 Å². The number of hydrogen-bond donors (Lipinski definition) is 3. The molecule has 0 aliphatic carbocycles. The summed E-state index contributed by atoms with van der Waals surface area (Å²) in [6, 6.07) is 6.70. The summed E-state index contributed by atoms with van der Waals surface area (Å²) in [4.78, 5) is 39.7. The van der Waals surface area contributed by atoms with Crippen molar-refractivity contribution < 1.29 is 9.59 Å². The molecule has 1 fully saturated rings. The number of benzene rings is 1. The lowest BCUT2D eigenvalue weighted by Gasteiger charge is -2.39. The number of anilines is 3. The third-order valence-electron chi connectivity index (χ3n) is 5.57. The number of nitrogens with two attached hydrogens (primary N) is 1. The van der Waals surface area contributed by atoms with E-state index in [9.17, 15) is 9.59 Å². The van der Waals surface area contributed by atoms with E-state index in [4.69, 9.17) is 22.7 Å². The Bertz CT molecular complexity index is 1040. The van der Waals surface area contributed by atoms with Crippen molar-refractivity contribution in [3.63, 3.8) is 0 Å². The molecule has 1 aromatic carbocycles. The van der Waals surface area contributed by atoms with Crippen LogP contribution in [0.3, 0.4) is 0 Å². The molecule has 0 unspecified atom stereocenters. The predicted octanol–water partition coefficient (Wildman–Crippen LogP) is 2.11. The Morgan fingerprint density at radius 1 is 1.24 bits per heavy atom. The van der Waals surface area contributed by atoms with E-state index in [0.717, 1.165) is 0 Å². The highest BCUT2D eigenvalue weighted by Crippen LogP contribution is 2.30. The van der Waals surface area contributed by atoms with E-state index in [1.54, 1.807) is 29.2 Å². The Balaban J connectivity index is 1.79. The summed E-state index contributed by atoms with van der Waals surface area (Å²) in [7, 11) is 3.80. The third kappa shape index (κ3) is 6.22. The van der Waals surface area contributed by atoms with Crippen LogP contribution in [-0.4, -0.2) is 77.6 Å². The van der Waals surface area contributed by atoms with Gasteiger partial charge in [0.2, 0.25) is 0 Å². The summed E-state index contributed by atoms with van der Waals surface area (Å²) < 4.78 is 0.107. The minimum absolute atomic E-state index is 0.107. The Morgan fingerprint density at radius 2 is 1.88 bits per heavy atom. The molecule has 0 saturated carbocycles. The van der Waals surface area contributed by atoms with Gasteiger partial charge in [0.15, 0.2) is 0 Å². The maximum absolute atomic E-state index is 13.2. The first-order valence-corrected chi connectivity index (χ1v) is 12.0. The van der Waals surface area contributed by atoms with Crippen molar-refractivity contribution >= 4 is 61.3 Å². The second kappa shape index (κ2) is 11.6. The number of likely N-dealkylation sites (N-methyl/N-ethyl adjacent to an activating group) is 1. The molecule has 2 amide bonds. The Morgan fingerprint density at radius 3 is 2.47 bits per heavy atom. The third-order valence-corrected chi connectivity index (χ3v) is 6.22. The summed E-state index contributed by atoms with van der Waals surface area (Å²) in [5, 5.41) is 11.2. The van der Waals surface area contributed by atoms with E-state index < -0.39 is 11.8 Å². The summed E-state index contributed by atoms with van der Waals surface area (Å²) in [5.41, 5.74) is 7.02. The van der Waals surface area contributed by atoms with Gasteiger partial charge in [-0.1, -0.05) is 11.6 Å². The molecule has 2 aromatic rings. The molecule has 34 heavy (non-hydrogen) atoms. The van der Waals surface area contributed by atoms with Crippen molar-refractivity contribution in [3.8, 4) is 0 Å². The van der Waals surface area contributed by atoms with E-state index in [1.165, 1.54) is 6.33 Å². The molecular weight excluding hydrogens is 524 g/mol. The molecule has 1 aliphatic heterocycles. The Kier molecular flexibility index (Phi) is 8.81. The molecule has 1 aromatic heterocycles. The van der Waals surface area contributed by atoms with Crippen LogP contribution in [0.2, 0.25) is 5.02 Å². The van der Waals surface area contributed by atoms with E-state index in [0.29, 0.717) is 61.1 Å². The summed E-state index contributed by atoms with van der Waals surface area (Å²) in [5.74, 6) is -0.452. The SMILES string of the molecule is CN(C)CCNC(=O)C(=O)N(c1ccc(Cl)cc1)C1CCN(c2ncnc(N)c2C(=N)Br)CC1. The highest BCUT2D eigenvalue weighted by molar-refractivity contribution is 9.18. The quantitative estimate of drug-likeness (QED) is 0.355. The number of nitrogens with zero attached hydrogens (tertiary/aromatic N) is 5. The number of nitrogens with one attached hydrogen (secondary N) is 2. The van der Waals surface area contributed by atoms with Gasteiger partial charge in [-0.2, -0.15) is 0 Å². The second-order valence-corrected chi connectivity index (χ2v) is 9.43. The van der Waals surface area contributed by atoms with Gasteiger partial charge in [-0.3, -0.25) is 15.0 Å². The zero-order valence-electron chi connectivity index (χ0n) is 19.1. The summed E-state index contributed by atoms with van der Waals surface area (Å²) >= 11 is 9.22. The fraction of sp³-hybridized carbons (Fsp3) is 0.409. The molecule has 0 bridgehead atoms. The number of halogens is 2. The number of amides is 2. The van der Waals surface area contributed by atoms with Gasteiger partial charge in [-0.25, -0.2) is 9.97 Å². The molecule has 2 heterocycles. The number of rotatable bonds is 7. The highest BCUT2D eigenvalue weighted by atomic mass is 79.9. The minimum Gasteiger partial charge on any atom is -0.383 e. The van der Waals surface area contributed by atoms with Gasteiger partial charge in [0, 0.05) is 42.9 Å². The molecule has 3 rings (SSSR count). The molecule has 182 valence electrons. The number of carbonyl (C=O) groups excluding carboxylic acids is 2.